The summed E-state index contributed by atoms with van der Waals surface area (Å²) in [4.78, 5) is 13.0. The van der Waals surface area contributed by atoms with Gasteiger partial charge in [0.25, 0.3) is 0 Å². The van der Waals surface area contributed by atoms with Crippen LogP contribution in [0.25, 0.3) is 5.57 Å². The first-order valence-electron chi connectivity index (χ1n) is 4.61. The molecule has 0 spiro atoms. The number of ether oxygens (including phenoxy) is 1. The van der Waals surface area contributed by atoms with E-state index in [1.54, 1.807) is 11.1 Å². The summed E-state index contributed by atoms with van der Waals surface area (Å²) in [5.74, 6) is 0. The van der Waals surface area contributed by atoms with Crippen molar-refractivity contribution in [3.63, 3.8) is 0 Å². The molecule has 1 aliphatic rings. The van der Waals surface area contributed by atoms with Gasteiger partial charge in [-0.05, 0) is 12.0 Å². The van der Waals surface area contributed by atoms with Crippen molar-refractivity contribution < 1.29 is 9.53 Å². The molecule has 1 amide bonds. The highest BCUT2D eigenvalue weighted by Crippen LogP contribution is 2.19. The molecule has 5 nitrogen and oxygen atoms in total. The number of carbonyl (C=O) groups excluding carboxylic acids is 1. The monoisotopic (exact) mass is 225 g/mol. The molecule has 0 unspecified atom stereocenters. The average Bonchev–Trinajstić information content (AvgIpc) is 2.82. The van der Waals surface area contributed by atoms with Gasteiger partial charge in [-0.3, -0.25) is 0 Å². The van der Waals surface area contributed by atoms with E-state index in [0.29, 0.717) is 13.1 Å². The van der Waals surface area contributed by atoms with Crippen LogP contribution in [0.3, 0.4) is 0 Å². The highest BCUT2D eigenvalue weighted by atomic mass is 32.1. The van der Waals surface area contributed by atoms with Crippen LogP contribution in [-0.2, 0) is 4.74 Å². The highest BCUT2D eigenvalue weighted by Gasteiger charge is 2.20. The molecule has 2 heterocycles. The minimum atomic E-state index is -0.288. The van der Waals surface area contributed by atoms with Gasteiger partial charge < -0.3 is 9.64 Å². The van der Waals surface area contributed by atoms with Crippen molar-refractivity contribution in [2.45, 2.75) is 6.42 Å². The molecule has 0 radical (unpaired) electrons. The van der Waals surface area contributed by atoms with Gasteiger partial charge in [-0.25, -0.2) is 4.79 Å². The van der Waals surface area contributed by atoms with Crippen LogP contribution in [0.1, 0.15) is 12.1 Å². The van der Waals surface area contributed by atoms with Crippen molar-refractivity contribution in [1.29, 1.82) is 0 Å². The molecule has 6 heteroatoms. The number of aromatic nitrogens is 2. The summed E-state index contributed by atoms with van der Waals surface area (Å²) in [6.07, 6.45) is 4.36. The lowest BCUT2D eigenvalue weighted by atomic mass is 10.1. The van der Waals surface area contributed by atoms with Crippen molar-refractivity contribution in [3.05, 3.63) is 18.0 Å². The molecule has 0 N–H and O–H groups in total. The van der Waals surface area contributed by atoms with Gasteiger partial charge in [-0.1, -0.05) is 6.08 Å². The Balaban J connectivity index is 2.10. The van der Waals surface area contributed by atoms with Gasteiger partial charge in [0.1, 0.15) is 5.69 Å². The van der Waals surface area contributed by atoms with Crippen LogP contribution in [-0.4, -0.2) is 39.9 Å². The maximum absolute atomic E-state index is 11.3. The Labute approximate surface area is 91.7 Å². The van der Waals surface area contributed by atoms with E-state index in [0.717, 1.165) is 17.7 Å². The van der Waals surface area contributed by atoms with E-state index in [1.807, 2.05) is 0 Å². The lowest BCUT2D eigenvalue weighted by molar-refractivity contribution is 0.128. The number of nitrogens with zero attached hydrogens (tertiary/aromatic N) is 3. The van der Waals surface area contributed by atoms with E-state index < -0.39 is 0 Å². The summed E-state index contributed by atoms with van der Waals surface area (Å²) in [7, 11) is 1.39. The molecular formula is C9H11N3O2S. The third kappa shape index (κ3) is 2.15. The molecule has 2 rings (SSSR count). The Morgan fingerprint density at radius 3 is 3.20 bits per heavy atom. The lowest BCUT2D eigenvalue weighted by Crippen LogP contribution is -2.35. The van der Waals surface area contributed by atoms with Gasteiger partial charge in [0.05, 0.1) is 31.6 Å². The summed E-state index contributed by atoms with van der Waals surface area (Å²) in [5.41, 5.74) is 1.90. The van der Waals surface area contributed by atoms with Crippen LogP contribution >= 0.6 is 11.7 Å². The number of carbonyl (C=O) groups is 1. The molecule has 0 aliphatic carbocycles. The van der Waals surface area contributed by atoms with Crippen molar-refractivity contribution in [2.75, 3.05) is 20.2 Å². The zero-order valence-electron chi connectivity index (χ0n) is 8.34. The number of amides is 1. The molecule has 1 aromatic rings. The highest BCUT2D eigenvalue weighted by molar-refractivity contribution is 6.99. The molecule has 1 aliphatic heterocycles. The maximum atomic E-state index is 11.3. The standard InChI is InChI=1S/C9H11N3O2S/c1-14-9(13)12-4-2-3-7(6-12)8-5-10-15-11-8/h3,5H,2,4,6H2,1H3. The molecule has 0 saturated carbocycles. The first-order valence-corrected chi connectivity index (χ1v) is 5.34. The number of methoxy groups -OCH3 is 1. The number of rotatable bonds is 1. The fraction of sp³-hybridized carbons (Fsp3) is 0.444. The van der Waals surface area contributed by atoms with E-state index in [4.69, 9.17) is 0 Å². The normalized spacial score (nSPS) is 16.1. The first-order chi connectivity index (χ1) is 7.31. The first kappa shape index (κ1) is 10.1. The SMILES string of the molecule is COC(=O)N1CCC=C(c2cnsn2)C1. The Morgan fingerprint density at radius 2 is 2.53 bits per heavy atom. The molecule has 80 valence electrons. The summed E-state index contributed by atoms with van der Waals surface area (Å²) in [6, 6.07) is 0. The summed E-state index contributed by atoms with van der Waals surface area (Å²) in [6.45, 7) is 1.26. The summed E-state index contributed by atoms with van der Waals surface area (Å²) < 4.78 is 12.8. The third-order valence-corrected chi connectivity index (χ3v) is 2.75. The molecule has 1 aromatic heterocycles. The predicted molar refractivity (Wildman–Crippen MR) is 56.5 cm³/mol. The van der Waals surface area contributed by atoms with Crippen LogP contribution in [0.4, 0.5) is 4.79 Å². The summed E-state index contributed by atoms with van der Waals surface area (Å²) in [5, 5.41) is 0. The third-order valence-electron chi connectivity index (χ3n) is 2.27. The lowest BCUT2D eigenvalue weighted by Gasteiger charge is -2.25. The maximum Gasteiger partial charge on any atom is 0.409 e. The average molecular weight is 225 g/mol. The molecule has 0 saturated heterocycles. The number of hydrogen-bond donors (Lipinski definition) is 0. The van der Waals surface area contributed by atoms with Gasteiger partial charge >= 0.3 is 6.09 Å². The van der Waals surface area contributed by atoms with Crippen molar-refractivity contribution in [1.82, 2.24) is 13.6 Å². The van der Waals surface area contributed by atoms with Crippen molar-refractivity contribution in [3.8, 4) is 0 Å². The van der Waals surface area contributed by atoms with Crippen LogP contribution in [0.15, 0.2) is 12.3 Å². The number of hydrogen-bond acceptors (Lipinski definition) is 5. The molecular weight excluding hydrogens is 214 g/mol. The van der Waals surface area contributed by atoms with E-state index >= 15 is 0 Å². The smallest absolute Gasteiger partial charge is 0.409 e. The Kier molecular flexibility index (Phi) is 2.96. The minimum absolute atomic E-state index is 0.288. The second-order valence-electron chi connectivity index (χ2n) is 3.20. The quantitative estimate of drug-likeness (QED) is 0.724. The van der Waals surface area contributed by atoms with E-state index in [-0.39, 0.29) is 6.09 Å². The van der Waals surface area contributed by atoms with Crippen LogP contribution < -0.4 is 0 Å². The topological polar surface area (TPSA) is 55.3 Å². The fourth-order valence-electron chi connectivity index (χ4n) is 1.52. The molecule has 15 heavy (non-hydrogen) atoms. The van der Waals surface area contributed by atoms with Gasteiger partial charge in [-0.15, -0.1) is 0 Å². The fourth-order valence-corrected chi connectivity index (χ4v) is 1.97. The van der Waals surface area contributed by atoms with Crippen LogP contribution in [0.5, 0.6) is 0 Å². The van der Waals surface area contributed by atoms with Crippen molar-refractivity contribution in [2.24, 2.45) is 0 Å². The predicted octanol–water partition coefficient (Wildman–Crippen LogP) is 1.39. The van der Waals surface area contributed by atoms with Gasteiger partial charge in [0.2, 0.25) is 0 Å². The van der Waals surface area contributed by atoms with Crippen LogP contribution in [0, 0.1) is 0 Å². The van der Waals surface area contributed by atoms with Gasteiger partial charge in [0, 0.05) is 6.54 Å². The van der Waals surface area contributed by atoms with Gasteiger partial charge in [-0.2, -0.15) is 8.75 Å². The van der Waals surface area contributed by atoms with Crippen molar-refractivity contribution >= 4 is 23.4 Å². The zero-order valence-corrected chi connectivity index (χ0v) is 9.16. The largest absolute Gasteiger partial charge is 0.453 e. The second kappa shape index (κ2) is 4.39. The van der Waals surface area contributed by atoms with Crippen LogP contribution in [0.2, 0.25) is 0 Å². The molecule has 0 atom stereocenters. The Bertz CT molecular complexity index is 375. The Morgan fingerprint density at radius 1 is 1.67 bits per heavy atom. The Hall–Kier alpha value is -1.43. The van der Waals surface area contributed by atoms with E-state index in [2.05, 4.69) is 19.6 Å². The van der Waals surface area contributed by atoms with E-state index in [9.17, 15) is 4.79 Å². The zero-order chi connectivity index (χ0) is 10.7. The summed E-state index contributed by atoms with van der Waals surface area (Å²) >= 11 is 1.17. The molecule has 0 aromatic carbocycles. The minimum Gasteiger partial charge on any atom is -0.453 e. The molecule has 0 fully saturated rings. The van der Waals surface area contributed by atoms with Gasteiger partial charge in [0.15, 0.2) is 0 Å². The van der Waals surface area contributed by atoms with E-state index in [1.165, 1.54) is 18.8 Å². The second-order valence-corrected chi connectivity index (χ2v) is 3.76. The molecule has 0 bridgehead atoms.